The van der Waals surface area contributed by atoms with Gasteiger partial charge in [-0.3, -0.25) is 9.63 Å². The van der Waals surface area contributed by atoms with Crippen molar-refractivity contribution in [3.8, 4) is 0 Å². The fraction of sp³-hybridized carbons (Fsp3) is 0.875. The average molecular weight is 236 g/mol. The number of hydrogen-bond acceptors (Lipinski definition) is 5. The van der Waals surface area contributed by atoms with Crippen molar-refractivity contribution in [3.63, 3.8) is 0 Å². The highest BCUT2D eigenvalue weighted by atomic mass is 32.2. The minimum Gasteiger partial charge on any atom is -0.311 e. The zero-order chi connectivity index (χ0) is 11.3. The summed E-state index contributed by atoms with van der Waals surface area (Å²) in [6.45, 7) is 2.56. The Kier molecular flexibility index (Phi) is 4.49. The first-order chi connectivity index (χ1) is 7.03. The van der Waals surface area contributed by atoms with Crippen LogP contribution in [0.4, 0.5) is 0 Å². The number of nitrogens with one attached hydrogen (secondary N) is 2. The van der Waals surface area contributed by atoms with Gasteiger partial charge in [-0.05, 0) is 6.92 Å². The second-order valence-electron chi connectivity index (χ2n) is 3.43. The van der Waals surface area contributed by atoms with Crippen LogP contribution in [0.2, 0.25) is 0 Å². The van der Waals surface area contributed by atoms with Gasteiger partial charge in [0.15, 0.2) is 9.84 Å². The molecule has 15 heavy (non-hydrogen) atoms. The fourth-order valence-corrected chi connectivity index (χ4v) is 2.86. The molecule has 0 saturated carbocycles. The Morgan fingerprint density at radius 1 is 1.60 bits per heavy atom. The summed E-state index contributed by atoms with van der Waals surface area (Å²) in [6, 6.07) is -0.302. The molecule has 7 heteroatoms. The lowest BCUT2D eigenvalue weighted by atomic mass is 10.2. The van der Waals surface area contributed by atoms with Crippen molar-refractivity contribution in [2.75, 3.05) is 24.7 Å². The third kappa shape index (κ3) is 4.59. The van der Waals surface area contributed by atoms with E-state index >= 15 is 0 Å². The molecule has 1 amide bonds. The Morgan fingerprint density at radius 2 is 2.33 bits per heavy atom. The highest BCUT2D eigenvalue weighted by Gasteiger charge is 2.25. The summed E-state index contributed by atoms with van der Waals surface area (Å²) in [5.41, 5.74) is 2.23. The number of hydrogen-bond donors (Lipinski definition) is 2. The summed E-state index contributed by atoms with van der Waals surface area (Å²) >= 11 is 0. The lowest BCUT2D eigenvalue weighted by Gasteiger charge is -2.22. The Hall–Kier alpha value is -0.660. The van der Waals surface area contributed by atoms with E-state index in [0.29, 0.717) is 13.2 Å². The molecule has 1 aliphatic rings. The van der Waals surface area contributed by atoms with Crippen molar-refractivity contribution >= 4 is 15.7 Å². The zero-order valence-electron chi connectivity index (χ0n) is 8.65. The maximum Gasteiger partial charge on any atom is 0.245 e. The van der Waals surface area contributed by atoms with Crippen molar-refractivity contribution in [1.29, 1.82) is 0 Å². The molecule has 2 N–H and O–H groups in total. The van der Waals surface area contributed by atoms with Gasteiger partial charge in [0.05, 0.1) is 18.1 Å². The number of hydroxylamine groups is 1. The topological polar surface area (TPSA) is 84.5 Å². The summed E-state index contributed by atoms with van der Waals surface area (Å²) in [5, 5.41) is 2.99. The minimum absolute atomic E-state index is 0.0204. The summed E-state index contributed by atoms with van der Waals surface area (Å²) in [6.07, 6.45) is 0.124. The van der Waals surface area contributed by atoms with Gasteiger partial charge in [-0.15, -0.1) is 0 Å². The first kappa shape index (κ1) is 12.4. The number of carbonyl (C=O) groups excluding carboxylic acids is 1. The van der Waals surface area contributed by atoms with Gasteiger partial charge >= 0.3 is 0 Å². The van der Waals surface area contributed by atoms with Crippen molar-refractivity contribution in [2.45, 2.75) is 19.4 Å². The predicted octanol–water partition coefficient (Wildman–Crippen LogP) is -1.17. The second-order valence-corrected chi connectivity index (χ2v) is 5.66. The molecular weight excluding hydrogens is 220 g/mol. The van der Waals surface area contributed by atoms with Crippen LogP contribution >= 0.6 is 0 Å². The van der Waals surface area contributed by atoms with Crippen molar-refractivity contribution < 1.29 is 18.0 Å². The van der Waals surface area contributed by atoms with E-state index < -0.39 is 9.84 Å². The van der Waals surface area contributed by atoms with E-state index in [0.717, 1.165) is 0 Å². The second kappa shape index (κ2) is 5.43. The van der Waals surface area contributed by atoms with Gasteiger partial charge in [0.2, 0.25) is 5.91 Å². The van der Waals surface area contributed by atoms with Crippen LogP contribution in [0.5, 0.6) is 0 Å². The third-order valence-corrected chi connectivity index (χ3v) is 3.80. The normalized spacial score (nSPS) is 24.7. The van der Waals surface area contributed by atoms with Gasteiger partial charge in [0.25, 0.3) is 0 Å². The average Bonchev–Trinajstić information content (AvgIpc) is 2.13. The third-order valence-electron chi connectivity index (χ3n) is 2.06. The van der Waals surface area contributed by atoms with Gasteiger partial charge in [-0.2, -0.15) is 0 Å². The van der Waals surface area contributed by atoms with E-state index in [1.165, 1.54) is 0 Å². The van der Waals surface area contributed by atoms with E-state index in [1.54, 1.807) is 6.92 Å². The Morgan fingerprint density at radius 3 is 2.93 bits per heavy atom. The molecule has 0 aromatic carbocycles. The summed E-state index contributed by atoms with van der Waals surface area (Å²) < 4.78 is 22.5. The minimum atomic E-state index is -2.98. The summed E-state index contributed by atoms with van der Waals surface area (Å²) in [5.74, 6) is -0.130. The van der Waals surface area contributed by atoms with Gasteiger partial charge in [-0.1, -0.05) is 0 Å². The highest BCUT2D eigenvalue weighted by Crippen LogP contribution is 2.04. The zero-order valence-corrected chi connectivity index (χ0v) is 9.47. The van der Waals surface area contributed by atoms with E-state index in [1.807, 2.05) is 0 Å². The van der Waals surface area contributed by atoms with Gasteiger partial charge in [-0.25, -0.2) is 13.9 Å². The highest BCUT2D eigenvalue weighted by molar-refractivity contribution is 7.91. The van der Waals surface area contributed by atoms with Crippen LogP contribution < -0.4 is 10.8 Å². The SMILES string of the molecule is CCONC(=O)CC1CS(=O)(=O)CCN1. The molecule has 1 atom stereocenters. The Balaban J connectivity index is 2.35. The molecule has 0 aliphatic carbocycles. The maximum atomic E-state index is 11.3. The smallest absolute Gasteiger partial charge is 0.245 e. The molecule has 0 aromatic heterocycles. The van der Waals surface area contributed by atoms with Crippen molar-refractivity contribution in [3.05, 3.63) is 0 Å². The number of carbonyl (C=O) groups is 1. The summed E-state index contributed by atoms with van der Waals surface area (Å²) in [7, 11) is -2.98. The molecule has 1 rings (SSSR count). The number of rotatable bonds is 4. The molecule has 1 saturated heterocycles. The van der Waals surface area contributed by atoms with Crippen molar-refractivity contribution in [2.24, 2.45) is 0 Å². The van der Waals surface area contributed by atoms with Crippen LogP contribution in [-0.2, 0) is 19.5 Å². The number of sulfone groups is 1. The quantitative estimate of drug-likeness (QED) is 0.601. The molecular formula is C8H16N2O4S. The lowest BCUT2D eigenvalue weighted by Crippen LogP contribution is -2.47. The molecule has 6 nitrogen and oxygen atoms in total. The first-order valence-corrected chi connectivity index (χ1v) is 6.70. The Bertz CT molecular complexity index is 315. The monoisotopic (exact) mass is 236 g/mol. The van der Waals surface area contributed by atoms with E-state index in [9.17, 15) is 13.2 Å². The van der Waals surface area contributed by atoms with Crippen LogP contribution in [0.25, 0.3) is 0 Å². The largest absolute Gasteiger partial charge is 0.311 e. The van der Waals surface area contributed by atoms with E-state index in [-0.39, 0.29) is 29.9 Å². The molecule has 0 aromatic rings. The molecule has 1 fully saturated rings. The fourth-order valence-electron chi connectivity index (χ4n) is 1.42. The van der Waals surface area contributed by atoms with Crippen LogP contribution in [0.3, 0.4) is 0 Å². The van der Waals surface area contributed by atoms with Crippen LogP contribution in [-0.4, -0.2) is 45.0 Å². The summed E-state index contributed by atoms with van der Waals surface area (Å²) in [4.78, 5) is 15.9. The molecule has 1 unspecified atom stereocenters. The molecule has 0 spiro atoms. The van der Waals surface area contributed by atoms with Gasteiger partial charge < -0.3 is 5.32 Å². The first-order valence-electron chi connectivity index (χ1n) is 4.88. The number of amides is 1. The van der Waals surface area contributed by atoms with E-state index in [2.05, 4.69) is 10.8 Å². The molecule has 1 aliphatic heterocycles. The van der Waals surface area contributed by atoms with Crippen LogP contribution in [0, 0.1) is 0 Å². The van der Waals surface area contributed by atoms with Crippen molar-refractivity contribution in [1.82, 2.24) is 10.8 Å². The van der Waals surface area contributed by atoms with Gasteiger partial charge in [0.1, 0.15) is 0 Å². The molecule has 1 heterocycles. The maximum absolute atomic E-state index is 11.3. The molecule has 88 valence electrons. The standard InChI is InChI=1S/C8H16N2O4S/c1-2-14-10-8(11)5-7-6-15(12,13)4-3-9-7/h7,9H,2-6H2,1H3,(H,10,11). The Labute approximate surface area is 89.2 Å². The van der Waals surface area contributed by atoms with Crippen LogP contribution in [0.1, 0.15) is 13.3 Å². The van der Waals surface area contributed by atoms with Gasteiger partial charge in [0, 0.05) is 19.0 Å². The lowest BCUT2D eigenvalue weighted by molar-refractivity contribution is -0.133. The predicted molar refractivity (Wildman–Crippen MR) is 54.8 cm³/mol. The molecule has 0 bridgehead atoms. The molecule has 0 radical (unpaired) electrons. The van der Waals surface area contributed by atoms with E-state index in [4.69, 9.17) is 4.84 Å². The van der Waals surface area contributed by atoms with Crippen LogP contribution in [0.15, 0.2) is 0 Å².